The summed E-state index contributed by atoms with van der Waals surface area (Å²) in [5.74, 6) is 1.33. The fraction of sp³-hybridized carbons (Fsp3) is 0.517. The molecule has 5 rings (SSSR count). The zero-order chi connectivity index (χ0) is 24.2. The lowest BCUT2D eigenvalue weighted by Crippen LogP contribution is -2.30. The van der Waals surface area contributed by atoms with Gasteiger partial charge in [0.1, 0.15) is 5.01 Å². The van der Waals surface area contributed by atoms with Crippen LogP contribution in [0.5, 0.6) is 0 Å². The predicted molar refractivity (Wildman–Crippen MR) is 146 cm³/mol. The van der Waals surface area contributed by atoms with E-state index in [0.29, 0.717) is 16.9 Å². The molecule has 0 aliphatic heterocycles. The highest BCUT2D eigenvalue weighted by atomic mass is 35.5. The first-order valence-electron chi connectivity index (χ1n) is 13.3. The van der Waals surface area contributed by atoms with Gasteiger partial charge < -0.3 is 9.88 Å². The molecule has 2 aromatic heterocycles. The predicted octanol–water partition coefficient (Wildman–Crippen LogP) is 8.13. The van der Waals surface area contributed by atoms with Crippen molar-refractivity contribution in [3.63, 3.8) is 0 Å². The number of amides is 1. The minimum absolute atomic E-state index is 0.0540. The van der Waals surface area contributed by atoms with Gasteiger partial charge in [-0.15, -0.1) is 11.3 Å². The fourth-order valence-corrected chi connectivity index (χ4v) is 6.96. The number of carbonyl (C=O) groups excluding carboxylic acids is 1. The normalized spacial score (nSPS) is 17.5. The van der Waals surface area contributed by atoms with Gasteiger partial charge in [0.05, 0.1) is 22.0 Å². The maximum Gasteiger partial charge on any atom is 0.253 e. The highest BCUT2D eigenvalue weighted by molar-refractivity contribution is 7.13. The van der Waals surface area contributed by atoms with Crippen LogP contribution in [0, 0.1) is 18.8 Å². The Hall–Kier alpha value is -2.11. The van der Waals surface area contributed by atoms with Gasteiger partial charge in [-0.2, -0.15) is 0 Å². The molecule has 1 aromatic carbocycles. The second-order valence-electron chi connectivity index (χ2n) is 10.4. The largest absolute Gasteiger partial charge is 0.352 e. The van der Waals surface area contributed by atoms with E-state index in [1.165, 1.54) is 64.2 Å². The Balaban J connectivity index is 1.43. The molecule has 2 aliphatic carbocycles. The Kier molecular flexibility index (Phi) is 7.94. The van der Waals surface area contributed by atoms with Crippen LogP contribution in [-0.4, -0.2) is 22.0 Å². The molecule has 2 fully saturated rings. The lowest BCUT2D eigenvalue weighted by Gasteiger charge is -2.24. The van der Waals surface area contributed by atoms with Crippen LogP contribution in [0.2, 0.25) is 5.02 Å². The highest BCUT2D eigenvalue weighted by Crippen LogP contribution is 2.36. The van der Waals surface area contributed by atoms with Crippen LogP contribution in [0.1, 0.15) is 80.3 Å². The van der Waals surface area contributed by atoms with Crippen molar-refractivity contribution in [1.29, 1.82) is 0 Å². The molecule has 1 amide bonds. The first-order valence-corrected chi connectivity index (χ1v) is 14.5. The number of carbonyl (C=O) groups is 1. The Morgan fingerprint density at radius 1 is 1.06 bits per heavy atom. The van der Waals surface area contributed by atoms with Crippen molar-refractivity contribution >= 4 is 28.8 Å². The molecule has 0 saturated heterocycles. The summed E-state index contributed by atoms with van der Waals surface area (Å²) >= 11 is 8.06. The number of benzene rings is 1. The van der Waals surface area contributed by atoms with Crippen molar-refractivity contribution in [2.75, 3.05) is 6.54 Å². The van der Waals surface area contributed by atoms with Crippen LogP contribution < -0.4 is 5.32 Å². The molecule has 2 saturated carbocycles. The van der Waals surface area contributed by atoms with Crippen LogP contribution in [0.3, 0.4) is 0 Å². The number of thiazole rings is 1. The van der Waals surface area contributed by atoms with E-state index in [1.54, 1.807) is 11.3 Å². The van der Waals surface area contributed by atoms with Gasteiger partial charge in [0.2, 0.25) is 0 Å². The Labute approximate surface area is 218 Å². The number of halogens is 1. The summed E-state index contributed by atoms with van der Waals surface area (Å²) in [6.07, 6.45) is 12.9. The molecule has 0 bridgehead atoms. The standard InChI is InChI=1S/C29H36ClN3OS/c1-20-24(28(34)31-17-21-10-4-2-5-11-21)16-27(33(20)18-22-12-6-3-7-13-22)26-19-35-29(32-26)23-14-8-9-15-25(23)30/h8-9,14-16,19,21-22H,2-7,10-13,17-18H2,1H3,(H,31,34). The van der Waals surface area contributed by atoms with Crippen molar-refractivity contribution in [1.82, 2.24) is 14.9 Å². The van der Waals surface area contributed by atoms with Crippen LogP contribution >= 0.6 is 22.9 Å². The van der Waals surface area contributed by atoms with E-state index >= 15 is 0 Å². The van der Waals surface area contributed by atoms with E-state index in [2.05, 4.69) is 28.3 Å². The second kappa shape index (κ2) is 11.3. The maximum absolute atomic E-state index is 13.3. The quantitative estimate of drug-likeness (QED) is 0.349. The maximum atomic E-state index is 13.3. The van der Waals surface area contributed by atoms with Crippen molar-refractivity contribution in [2.24, 2.45) is 11.8 Å². The van der Waals surface area contributed by atoms with Crippen molar-refractivity contribution < 1.29 is 4.79 Å². The first-order chi connectivity index (χ1) is 17.1. The Morgan fingerprint density at radius 3 is 2.46 bits per heavy atom. The number of hydrogen-bond acceptors (Lipinski definition) is 3. The zero-order valence-corrected chi connectivity index (χ0v) is 22.3. The summed E-state index contributed by atoms with van der Waals surface area (Å²) in [7, 11) is 0. The van der Waals surface area contributed by atoms with E-state index in [1.807, 2.05) is 24.3 Å². The molecule has 0 spiro atoms. The minimum Gasteiger partial charge on any atom is -0.352 e. The van der Waals surface area contributed by atoms with E-state index in [9.17, 15) is 4.79 Å². The molecule has 2 aliphatic rings. The average Bonchev–Trinajstić information content (AvgIpc) is 3.49. The van der Waals surface area contributed by atoms with E-state index < -0.39 is 0 Å². The number of rotatable bonds is 7. The molecule has 35 heavy (non-hydrogen) atoms. The van der Waals surface area contributed by atoms with Gasteiger partial charge in [0.15, 0.2) is 0 Å². The molecular weight excluding hydrogens is 474 g/mol. The fourth-order valence-electron chi connectivity index (χ4n) is 5.82. The molecule has 3 aromatic rings. The molecular formula is C29H36ClN3OS. The van der Waals surface area contributed by atoms with Crippen molar-refractivity contribution in [2.45, 2.75) is 77.7 Å². The van der Waals surface area contributed by atoms with E-state index in [-0.39, 0.29) is 5.91 Å². The first kappa shape index (κ1) is 24.6. The van der Waals surface area contributed by atoms with Crippen LogP contribution in [-0.2, 0) is 6.54 Å². The SMILES string of the molecule is Cc1c(C(=O)NCC2CCCCC2)cc(-c2csc(-c3ccccc3Cl)n2)n1CC1CCCCC1. The molecule has 186 valence electrons. The van der Waals surface area contributed by atoms with Crippen LogP contribution in [0.4, 0.5) is 0 Å². The number of aromatic nitrogens is 2. The number of nitrogens with one attached hydrogen (secondary N) is 1. The Morgan fingerprint density at radius 2 is 1.74 bits per heavy atom. The lowest BCUT2D eigenvalue weighted by atomic mass is 9.89. The van der Waals surface area contributed by atoms with Gasteiger partial charge in [-0.1, -0.05) is 68.3 Å². The summed E-state index contributed by atoms with van der Waals surface area (Å²) in [4.78, 5) is 18.3. The third-order valence-electron chi connectivity index (χ3n) is 7.92. The summed E-state index contributed by atoms with van der Waals surface area (Å²) in [5, 5.41) is 6.99. The average molecular weight is 510 g/mol. The molecule has 1 N–H and O–H groups in total. The lowest BCUT2D eigenvalue weighted by molar-refractivity contribution is 0.0942. The summed E-state index contributed by atoms with van der Waals surface area (Å²) in [6.45, 7) is 3.84. The van der Waals surface area contributed by atoms with Crippen molar-refractivity contribution in [3.05, 3.63) is 52.0 Å². The summed E-state index contributed by atoms with van der Waals surface area (Å²) in [6, 6.07) is 9.92. The van der Waals surface area contributed by atoms with Gasteiger partial charge in [0, 0.05) is 29.7 Å². The third kappa shape index (κ3) is 5.67. The molecule has 0 radical (unpaired) electrons. The number of hydrogen-bond donors (Lipinski definition) is 1. The molecule has 0 atom stereocenters. The van der Waals surface area contributed by atoms with Gasteiger partial charge in [0.25, 0.3) is 5.91 Å². The van der Waals surface area contributed by atoms with Crippen LogP contribution in [0.25, 0.3) is 22.0 Å². The molecule has 2 heterocycles. The second-order valence-corrected chi connectivity index (χ2v) is 11.6. The zero-order valence-electron chi connectivity index (χ0n) is 20.7. The smallest absolute Gasteiger partial charge is 0.253 e. The van der Waals surface area contributed by atoms with Gasteiger partial charge >= 0.3 is 0 Å². The summed E-state index contributed by atoms with van der Waals surface area (Å²) in [5.41, 5.74) is 4.77. The highest BCUT2D eigenvalue weighted by Gasteiger charge is 2.24. The molecule has 4 nitrogen and oxygen atoms in total. The van der Waals surface area contributed by atoms with Gasteiger partial charge in [-0.05, 0) is 56.6 Å². The monoisotopic (exact) mass is 509 g/mol. The minimum atomic E-state index is 0.0540. The van der Waals surface area contributed by atoms with Crippen molar-refractivity contribution in [3.8, 4) is 22.0 Å². The Bertz CT molecular complexity index is 1150. The van der Waals surface area contributed by atoms with E-state index in [4.69, 9.17) is 16.6 Å². The number of nitrogens with zero attached hydrogens (tertiary/aromatic N) is 2. The summed E-state index contributed by atoms with van der Waals surface area (Å²) < 4.78 is 2.36. The topological polar surface area (TPSA) is 46.9 Å². The molecule has 6 heteroatoms. The molecule has 0 unspecified atom stereocenters. The van der Waals surface area contributed by atoms with Gasteiger partial charge in [-0.3, -0.25) is 4.79 Å². The third-order valence-corrected chi connectivity index (χ3v) is 9.13. The van der Waals surface area contributed by atoms with Crippen LogP contribution in [0.15, 0.2) is 35.7 Å². The van der Waals surface area contributed by atoms with Gasteiger partial charge in [-0.25, -0.2) is 4.98 Å². The van der Waals surface area contributed by atoms with E-state index in [0.717, 1.165) is 46.3 Å².